The Morgan fingerprint density at radius 1 is 0.581 bits per heavy atom. The van der Waals surface area contributed by atoms with Crippen LogP contribution in [0.1, 0.15) is 0 Å². The number of para-hydroxylation sites is 2. The van der Waals surface area contributed by atoms with Crippen molar-refractivity contribution in [3.63, 3.8) is 0 Å². The van der Waals surface area contributed by atoms with Crippen LogP contribution in [0.3, 0.4) is 0 Å². The van der Waals surface area contributed by atoms with Crippen LogP contribution < -0.4 is 0 Å². The van der Waals surface area contributed by atoms with Gasteiger partial charge in [0.05, 0.1) is 5.52 Å². The van der Waals surface area contributed by atoms with Gasteiger partial charge >= 0.3 is 21.1 Å². The first-order chi connectivity index (χ1) is 20.3. The molecule has 0 atom stereocenters. The van der Waals surface area contributed by atoms with E-state index in [9.17, 15) is 0 Å². The molecule has 9 rings (SSSR count). The number of benzene rings is 4. The van der Waals surface area contributed by atoms with Gasteiger partial charge in [-0.1, -0.05) is 64.9 Å². The van der Waals surface area contributed by atoms with Crippen molar-refractivity contribution >= 4 is 63.1 Å². The zero-order valence-electron chi connectivity index (χ0n) is 23.0. The molecule has 6 nitrogen and oxygen atoms in total. The van der Waals surface area contributed by atoms with Crippen molar-refractivity contribution in [1.29, 1.82) is 0 Å². The van der Waals surface area contributed by atoms with Crippen LogP contribution in [-0.2, 0) is 28.1 Å². The van der Waals surface area contributed by atoms with E-state index in [0.717, 1.165) is 61.2 Å². The molecule has 0 aliphatic heterocycles. The number of aromatic nitrogens is 6. The predicted octanol–water partition coefficient (Wildman–Crippen LogP) is 7.17. The zero-order valence-corrected chi connectivity index (χ0v) is 25.3. The molecule has 0 N–H and O–H groups in total. The number of pyridine rings is 1. The van der Waals surface area contributed by atoms with Crippen LogP contribution in [0.25, 0.3) is 72.0 Å². The number of hydrogen-bond donors (Lipinski definition) is 0. The summed E-state index contributed by atoms with van der Waals surface area (Å²) in [5.74, 6) is 0.850. The van der Waals surface area contributed by atoms with E-state index in [-0.39, 0.29) is 29.5 Å². The molecule has 0 saturated heterocycles. The largest absolute Gasteiger partial charge is 2.00 e. The van der Waals surface area contributed by atoms with Crippen LogP contribution in [0, 0.1) is 12.1 Å². The van der Waals surface area contributed by atoms with Crippen LogP contribution >= 0.6 is 0 Å². The smallest absolute Gasteiger partial charge is 0.358 e. The number of nitrogens with zero attached hydrogens (tertiary/aromatic N) is 6. The molecule has 0 fully saturated rings. The van der Waals surface area contributed by atoms with Crippen molar-refractivity contribution in [3.05, 3.63) is 128 Å². The van der Waals surface area contributed by atoms with Crippen LogP contribution in [0.15, 0.2) is 116 Å². The second kappa shape index (κ2) is 10.1. The van der Waals surface area contributed by atoms with Gasteiger partial charge in [-0.25, -0.2) is 9.97 Å². The van der Waals surface area contributed by atoms with Gasteiger partial charge in [0.1, 0.15) is 5.65 Å². The van der Waals surface area contributed by atoms with E-state index in [1.807, 2.05) is 36.3 Å². The maximum Gasteiger partial charge on any atom is 2.00 e. The predicted molar refractivity (Wildman–Crippen MR) is 170 cm³/mol. The number of hydrogen-bond acceptors (Lipinski definition) is 2. The molecule has 0 saturated carbocycles. The Bertz CT molecular complexity index is 2410. The van der Waals surface area contributed by atoms with Gasteiger partial charge < -0.3 is 18.3 Å². The van der Waals surface area contributed by atoms with Crippen molar-refractivity contribution < 1.29 is 21.1 Å². The summed E-state index contributed by atoms with van der Waals surface area (Å²) in [6.07, 6.45) is 7.68. The second-order valence-electron chi connectivity index (χ2n) is 10.4. The second-order valence-corrected chi connectivity index (χ2v) is 10.4. The molecule has 43 heavy (non-hydrogen) atoms. The zero-order chi connectivity index (χ0) is 27.1. The molecule has 4 aromatic carbocycles. The summed E-state index contributed by atoms with van der Waals surface area (Å²) in [5, 5.41) is 5.74. The Morgan fingerprint density at radius 2 is 1.26 bits per heavy atom. The van der Waals surface area contributed by atoms with E-state index in [1.54, 1.807) is 0 Å². The van der Waals surface area contributed by atoms with E-state index in [0.29, 0.717) is 0 Å². The molecule has 0 aliphatic carbocycles. The molecule has 0 spiro atoms. The molecular formula is C35H22BN6Pt. The van der Waals surface area contributed by atoms with E-state index in [1.165, 1.54) is 10.8 Å². The summed E-state index contributed by atoms with van der Waals surface area (Å²) in [4.78, 5) is 9.36. The molecule has 0 amide bonds. The molecule has 0 unspecified atom stereocenters. The number of imidazole rings is 1. The van der Waals surface area contributed by atoms with Crippen molar-refractivity contribution in [2.45, 2.75) is 0 Å². The first-order valence-corrected chi connectivity index (χ1v) is 13.6. The van der Waals surface area contributed by atoms with Gasteiger partial charge in [0.25, 0.3) is 0 Å². The number of rotatable bonds is 3. The average Bonchev–Trinajstić information content (AvgIpc) is 3.78. The topological polar surface area (TPSA) is 45.5 Å². The fourth-order valence-electron chi connectivity index (χ4n) is 6.24. The maximum atomic E-state index is 4.79. The van der Waals surface area contributed by atoms with Gasteiger partial charge in [-0.3, -0.25) is 0 Å². The van der Waals surface area contributed by atoms with E-state index in [4.69, 9.17) is 4.98 Å². The summed E-state index contributed by atoms with van der Waals surface area (Å²) in [6, 6.07) is 39.4. The third-order valence-electron chi connectivity index (χ3n) is 8.08. The minimum atomic E-state index is 0. The van der Waals surface area contributed by atoms with Crippen molar-refractivity contribution in [3.8, 4) is 17.3 Å². The summed E-state index contributed by atoms with van der Waals surface area (Å²) >= 11 is 0. The number of aryl methyl sites for hydroxylation is 1. The van der Waals surface area contributed by atoms with E-state index in [2.05, 4.69) is 122 Å². The first kappa shape index (κ1) is 27.0. The van der Waals surface area contributed by atoms with Crippen molar-refractivity contribution in [2.24, 2.45) is 7.05 Å². The van der Waals surface area contributed by atoms with Crippen LogP contribution in [0.4, 0.5) is 0 Å². The Balaban J connectivity index is 0.00000150. The van der Waals surface area contributed by atoms with Crippen molar-refractivity contribution in [1.82, 2.24) is 28.2 Å². The molecule has 8 heteroatoms. The van der Waals surface area contributed by atoms with Crippen molar-refractivity contribution in [2.75, 3.05) is 0 Å². The summed E-state index contributed by atoms with van der Waals surface area (Å²) in [7, 11) is 2.00. The van der Waals surface area contributed by atoms with Gasteiger partial charge in [0, 0.05) is 50.3 Å². The summed E-state index contributed by atoms with van der Waals surface area (Å²) < 4.78 is 8.59. The molecule has 9 aromatic rings. The summed E-state index contributed by atoms with van der Waals surface area (Å²) in [6.45, 7) is 0. The van der Waals surface area contributed by atoms with E-state index >= 15 is 0 Å². The Labute approximate surface area is 263 Å². The Kier molecular flexibility index (Phi) is 6.37. The van der Waals surface area contributed by atoms with Crippen LogP contribution in [0.2, 0.25) is 0 Å². The number of fused-ring (bicyclic) bond motifs is 7. The molecular weight excluding hydrogens is 710 g/mol. The molecule has 205 valence electrons. The van der Waals surface area contributed by atoms with Crippen LogP contribution in [0.5, 0.6) is 0 Å². The standard InChI is InChI=1S/C35H22N6.B.Pt/c1-38-20-18-37-35(38)39-19-16-23-12-13-24(21-32(23)39)40-30-10-4-2-7-26(30)28-15-14-25(22-33(28)40)41-31-11-5-3-8-27(31)29-9-6-17-36-34(29)41;;/h2-20H,1H3;;/q-2;;+2. The quantitative estimate of drug-likeness (QED) is 0.143. The fraction of sp³-hybridized carbons (Fsp3) is 0.0286. The monoisotopic (exact) mass is 732 g/mol. The van der Waals surface area contributed by atoms with Gasteiger partial charge in [-0.2, -0.15) is 12.1 Å². The van der Waals surface area contributed by atoms with Gasteiger partial charge in [-0.15, -0.1) is 35.0 Å². The Morgan fingerprint density at radius 3 is 2.05 bits per heavy atom. The molecule has 5 aromatic heterocycles. The molecule has 0 bridgehead atoms. The SMILES string of the molecule is Cn1ccnc1-n1ccc2ccc(-n3c4[c-]c(-n5c6ccccc6c6cccnc65)ccc4c4ccccc43)[c-]c21.[B].[Pt+2]. The maximum absolute atomic E-state index is 4.79. The molecule has 3 radical (unpaired) electrons. The van der Waals surface area contributed by atoms with Gasteiger partial charge in [-0.05, 0) is 35.8 Å². The molecule has 0 aliphatic rings. The van der Waals surface area contributed by atoms with Gasteiger partial charge in [0.15, 0.2) is 0 Å². The van der Waals surface area contributed by atoms with Crippen LogP contribution in [-0.4, -0.2) is 36.6 Å². The molecule has 5 heterocycles. The third kappa shape index (κ3) is 3.85. The fourth-order valence-corrected chi connectivity index (χ4v) is 6.24. The Hall–Kier alpha value is -4.87. The average molecular weight is 732 g/mol. The minimum Gasteiger partial charge on any atom is -0.358 e. The minimum absolute atomic E-state index is 0. The van der Waals surface area contributed by atoms with Gasteiger partial charge in [0.2, 0.25) is 5.95 Å². The third-order valence-corrected chi connectivity index (χ3v) is 8.08. The first-order valence-electron chi connectivity index (χ1n) is 13.6. The summed E-state index contributed by atoms with van der Waals surface area (Å²) in [5.41, 5.74) is 7.02. The normalized spacial score (nSPS) is 11.5. The van der Waals surface area contributed by atoms with E-state index < -0.39 is 0 Å².